The van der Waals surface area contributed by atoms with Crippen molar-refractivity contribution >= 4 is 0 Å². The normalized spacial score (nSPS) is 37.4. The predicted molar refractivity (Wildman–Crippen MR) is 50.6 cm³/mol. The molecule has 0 radical (unpaired) electrons. The van der Waals surface area contributed by atoms with Gasteiger partial charge < -0.3 is 0 Å². The van der Waals surface area contributed by atoms with Crippen molar-refractivity contribution in [2.24, 2.45) is 16.7 Å². The largest absolute Gasteiger partial charge is 0.0648 e. The molecule has 0 heteroatoms. The highest BCUT2D eigenvalue weighted by molar-refractivity contribution is 5.00. The Bertz CT molecular complexity index is 137. The van der Waals surface area contributed by atoms with Gasteiger partial charge in [-0.05, 0) is 29.6 Å². The van der Waals surface area contributed by atoms with Gasteiger partial charge in [0.15, 0.2) is 0 Å². The molecule has 0 bridgehead atoms. The molecule has 0 N–H and O–H groups in total. The zero-order chi connectivity index (χ0) is 8.70. The number of hydrogen-bond acceptors (Lipinski definition) is 0. The molecule has 1 saturated carbocycles. The Kier molecular flexibility index (Phi) is 2.07. The van der Waals surface area contributed by atoms with Crippen LogP contribution in [0.1, 0.15) is 53.9 Å². The van der Waals surface area contributed by atoms with Crippen LogP contribution in [0.3, 0.4) is 0 Å². The van der Waals surface area contributed by atoms with Crippen LogP contribution in [0, 0.1) is 16.7 Å². The van der Waals surface area contributed by atoms with E-state index in [1.165, 1.54) is 19.3 Å². The Morgan fingerprint density at radius 3 is 1.91 bits per heavy atom. The maximum atomic E-state index is 2.40. The molecule has 0 spiro atoms. The van der Waals surface area contributed by atoms with Crippen molar-refractivity contribution in [3.63, 3.8) is 0 Å². The first kappa shape index (κ1) is 9.09. The summed E-state index contributed by atoms with van der Waals surface area (Å²) in [5.74, 6) is 0.992. The van der Waals surface area contributed by atoms with Gasteiger partial charge in [0.2, 0.25) is 0 Å². The van der Waals surface area contributed by atoms with Gasteiger partial charge in [-0.2, -0.15) is 0 Å². The summed E-state index contributed by atoms with van der Waals surface area (Å²) in [4.78, 5) is 0. The van der Waals surface area contributed by atoms with E-state index in [0.717, 1.165) is 11.3 Å². The van der Waals surface area contributed by atoms with Gasteiger partial charge in [0.1, 0.15) is 0 Å². The summed E-state index contributed by atoms with van der Waals surface area (Å²) < 4.78 is 0. The number of hydrogen-bond donors (Lipinski definition) is 0. The Morgan fingerprint density at radius 2 is 1.82 bits per heavy atom. The van der Waals surface area contributed by atoms with E-state index >= 15 is 0 Å². The summed E-state index contributed by atoms with van der Waals surface area (Å²) in [6.45, 7) is 11.8. The fourth-order valence-electron chi connectivity index (χ4n) is 2.47. The van der Waals surface area contributed by atoms with Gasteiger partial charge in [-0.3, -0.25) is 0 Å². The summed E-state index contributed by atoms with van der Waals surface area (Å²) in [5, 5.41) is 0. The van der Waals surface area contributed by atoms with Crippen LogP contribution < -0.4 is 0 Å². The lowest BCUT2D eigenvalue weighted by atomic mass is 9.80. The summed E-state index contributed by atoms with van der Waals surface area (Å²) in [6, 6.07) is 0. The molecule has 0 aromatic carbocycles. The highest BCUT2D eigenvalue weighted by Gasteiger charge is 2.50. The Hall–Kier alpha value is 0. The highest BCUT2D eigenvalue weighted by atomic mass is 14.5. The van der Waals surface area contributed by atoms with Crippen molar-refractivity contribution in [2.75, 3.05) is 0 Å². The molecule has 1 rings (SSSR count). The van der Waals surface area contributed by atoms with Crippen LogP contribution >= 0.6 is 0 Å². The van der Waals surface area contributed by atoms with E-state index in [2.05, 4.69) is 34.6 Å². The van der Waals surface area contributed by atoms with E-state index in [1.807, 2.05) is 0 Å². The third-order valence-electron chi connectivity index (χ3n) is 3.18. The highest BCUT2D eigenvalue weighted by Crippen LogP contribution is 2.60. The molecule has 66 valence electrons. The third kappa shape index (κ3) is 1.98. The van der Waals surface area contributed by atoms with Crippen molar-refractivity contribution in [3.05, 3.63) is 0 Å². The maximum absolute atomic E-state index is 2.40. The second-order valence-electron chi connectivity index (χ2n) is 5.56. The molecule has 0 aliphatic heterocycles. The van der Waals surface area contributed by atoms with E-state index in [4.69, 9.17) is 0 Å². The van der Waals surface area contributed by atoms with Crippen molar-refractivity contribution in [3.8, 4) is 0 Å². The van der Waals surface area contributed by atoms with Gasteiger partial charge in [-0.1, -0.05) is 41.0 Å². The van der Waals surface area contributed by atoms with Gasteiger partial charge in [0.25, 0.3) is 0 Å². The molecule has 11 heavy (non-hydrogen) atoms. The SMILES string of the molecule is CCC1(CC(C)(C)C)CC1C. The van der Waals surface area contributed by atoms with Crippen LogP contribution in [0.5, 0.6) is 0 Å². The zero-order valence-electron chi connectivity index (χ0n) is 8.70. The van der Waals surface area contributed by atoms with Gasteiger partial charge in [-0.25, -0.2) is 0 Å². The molecule has 1 aliphatic rings. The van der Waals surface area contributed by atoms with E-state index in [1.54, 1.807) is 0 Å². The van der Waals surface area contributed by atoms with Crippen molar-refractivity contribution in [1.82, 2.24) is 0 Å². The number of rotatable bonds is 2. The monoisotopic (exact) mass is 154 g/mol. The third-order valence-corrected chi connectivity index (χ3v) is 3.18. The topological polar surface area (TPSA) is 0 Å². The fraction of sp³-hybridized carbons (Fsp3) is 1.00. The molecule has 1 fully saturated rings. The molecule has 0 aromatic rings. The van der Waals surface area contributed by atoms with Crippen molar-refractivity contribution in [1.29, 1.82) is 0 Å². The van der Waals surface area contributed by atoms with Crippen LogP contribution in [-0.4, -0.2) is 0 Å². The van der Waals surface area contributed by atoms with Crippen LogP contribution in [0.4, 0.5) is 0 Å². The van der Waals surface area contributed by atoms with Gasteiger partial charge in [0, 0.05) is 0 Å². The average molecular weight is 154 g/mol. The molecule has 0 nitrogen and oxygen atoms in total. The van der Waals surface area contributed by atoms with E-state index in [-0.39, 0.29) is 0 Å². The smallest absolute Gasteiger partial charge is 0.0267 e. The molecule has 0 heterocycles. The lowest BCUT2D eigenvalue weighted by Gasteiger charge is -2.25. The van der Waals surface area contributed by atoms with Crippen LogP contribution in [-0.2, 0) is 0 Å². The van der Waals surface area contributed by atoms with E-state index in [9.17, 15) is 0 Å². The van der Waals surface area contributed by atoms with Gasteiger partial charge in [-0.15, -0.1) is 0 Å². The second-order valence-corrected chi connectivity index (χ2v) is 5.56. The Morgan fingerprint density at radius 1 is 1.36 bits per heavy atom. The molecule has 1 aliphatic carbocycles. The second kappa shape index (κ2) is 2.50. The summed E-state index contributed by atoms with van der Waals surface area (Å²) in [7, 11) is 0. The Labute approximate surface area is 71.4 Å². The molecular weight excluding hydrogens is 132 g/mol. The van der Waals surface area contributed by atoms with Crippen molar-refractivity contribution < 1.29 is 0 Å². The minimum atomic E-state index is 0.529. The minimum absolute atomic E-state index is 0.529. The molecule has 2 unspecified atom stereocenters. The zero-order valence-corrected chi connectivity index (χ0v) is 8.70. The Balaban J connectivity index is 2.48. The fourth-order valence-corrected chi connectivity index (χ4v) is 2.47. The molecular formula is C11H22. The lowest BCUT2D eigenvalue weighted by Crippen LogP contribution is -2.14. The van der Waals surface area contributed by atoms with Crippen LogP contribution in [0.15, 0.2) is 0 Å². The average Bonchev–Trinajstić information content (AvgIpc) is 2.39. The van der Waals surface area contributed by atoms with E-state index in [0.29, 0.717) is 5.41 Å². The van der Waals surface area contributed by atoms with Gasteiger partial charge >= 0.3 is 0 Å². The quantitative estimate of drug-likeness (QED) is 0.566. The lowest BCUT2D eigenvalue weighted by molar-refractivity contribution is 0.256. The minimum Gasteiger partial charge on any atom is -0.0648 e. The van der Waals surface area contributed by atoms with Crippen LogP contribution in [0.2, 0.25) is 0 Å². The first-order valence-electron chi connectivity index (χ1n) is 4.90. The van der Waals surface area contributed by atoms with Crippen LogP contribution in [0.25, 0.3) is 0 Å². The first-order chi connectivity index (χ1) is 4.90. The standard InChI is InChI=1S/C11H22/c1-6-11(7-9(11)2)8-10(3,4)5/h9H,6-8H2,1-5H3. The molecule has 0 saturated heterocycles. The molecule has 0 amide bonds. The summed E-state index contributed by atoms with van der Waals surface area (Å²) in [6.07, 6.45) is 4.27. The molecule has 0 aromatic heterocycles. The summed E-state index contributed by atoms with van der Waals surface area (Å²) in [5.41, 5.74) is 1.26. The predicted octanol–water partition coefficient (Wildman–Crippen LogP) is 3.86. The molecule has 2 atom stereocenters. The maximum Gasteiger partial charge on any atom is -0.0267 e. The van der Waals surface area contributed by atoms with E-state index < -0.39 is 0 Å². The first-order valence-corrected chi connectivity index (χ1v) is 4.90. The van der Waals surface area contributed by atoms with Gasteiger partial charge in [0.05, 0.1) is 0 Å². The summed E-state index contributed by atoms with van der Waals surface area (Å²) >= 11 is 0. The van der Waals surface area contributed by atoms with Crippen molar-refractivity contribution in [2.45, 2.75) is 53.9 Å².